The summed E-state index contributed by atoms with van der Waals surface area (Å²) in [5.74, 6) is -0.724. The van der Waals surface area contributed by atoms with Crippen LogP contribution < -0.4 is 5.32 Å². The molecule has 0 atom stereocenters. The molecule has 0 unspecified atom stereocenters. The number of thioether (sulfide) groups is 1. The molecule has 0 aliphatic rings. The van der Waals surface area contributed by atoms with Crippen LogP contribution in [0, 0.1) is 15.9 Å². The first-order valence-electron chi connectivity index (χ1n) is 6.08. The van der Waals surface area contributed by atoms with E-state index in [1.165, 1.54) is 42.1 Å². The molecule has 0 saturated carbocycles. The zero-order valence-corrected chi connectivity index (χ0v) is 12.7. The Hall–Kier alpha value is -2.12. The molecule has 2 aromatic rings. The van der Waals surface area contributed by atoms with Gasteiger partial charge in [0, 0.05) is 22.7 Å². The van der Waals surface area contributed by atoms with Crippen LogP contribution >= 0.6 is 23.4 Å². The van der Waals surface area contributed by atoms with Gasteiger partial charge in [0.15, 0.2) is 0 Å². The summed E-state index contributed by atoms with van der Waals surface area (Å²) in [6.45, 7) is 0. The summed E-state index contributed by atoms with van der Waals surface area (Å²) in [4.78, 5) is 22.6. The lowest BCUT2D eigenvalue weighted by Gasteiger charge is -2.06. The van der Waals surface area contributed by atoms with Crippen molar-refractivity contribution >= 4 is 40.6 Å². The number of nitrogens with one attached hydrogen (secondary N) is 1. The molecule has 2 aromatic carbocycles. The summed E-state index contributed by atoms with van der Waals surface area (Å²) in [5.41, 5.74) is 0.399. The summed E-state index contributed by atoms with van der Waals surface area (Å²) in [6, 6.07) is 9.80. The summed E-state index contributed by atoms with van der Waals surface area (Å²) < 4.78 is 13.0. The normalized spacial score (nSPS) is 10.3. The highest BCUT2D eigenvalue weighted by Gasteiger charge is 2.08. The molecule has 0 aliphatic carbocycles. The van der Waals surface area contributed by atoms with Gasteiger partial charge in [-0.1, -0.05) is 11.6 Å². The molecule has 8 heteroatoms. The molecule has 1 N–H and O–H groups in total. The Morgan fingerprint density at radius 2 is 1.95 bits per heavy atom. The van der Waals surface area contributed by atoms with Crippen LogP contribution in [0.4, 0.5) is 15.8 Å². The molecule has 0 bridgehead atoms. The van der Waals surface area contributed by atoms with Crippen LogP contribution in [0.15, 0.2) is 47.4 Å². The van der Waals surface area contributed by atoms with Crippen LogP contribution in [-0.2, 0) is 4.79 Å². The van der Waals surface area contributed by atoms with E-state index >= 15 is 0 Å². The first-order valence-corrected chi connectivity index (χ1v) is 7.44. The number of nitro groups is 1. The zero-order chi connectivity index (χ0) is 16.1. The van der Waals surface area contributed by atoms with E-state index in [0.717, 1.165) is 4.90 Å². The molecule has 0 spiro atoms. The number of nitro benzene ring substituents is 1. The minimum Gasteiger partial charge on any atom is -0.325 e. The van der Waals surface area contributed by atoms with Crippen LogP contribution in [0.25, 0.3) is 0 Å². The van der Waals surface area contributed by atoms with Crippen molar-refractivity contribution in [2.24, 2.45) is 0 Å². The van der Waals surface area contributed by atoms with Crippen molar-refractivity contribution in [2.45, 2.75) is 4.90 Å². The molecule has 114 valence electrons. The molecule has 1 amide bonds. The van der Waals surface area contributed by atoms with Crippen molar-refractivity contribution in [3.05, 3.63) is 63.4 Å². The fourth-order valence-corrected chi connectivity index (χ4v) is 2.46. The van der Waals surface area contributed by atoms with E-state index in [2.05, 4.69) is 5.32 Å². The van der Waals surface area contributed by atoms with Crippen LogP contribution in [0.1, 0.15) is 0 Å². The maximum Gasteiger partial charge on any atom is 0.269 e. The molecular formula is C14H10ClFN2O3S. The number of halogens is 2. The number of rotatable bonds is 5. The molecule has 0 aliphatic heterocycles. The number of carbonyl (C=O) groups excluding carboxylic acids is 1. The van der Waals surface area contributed by atoms with Gasteiger partial charge < -0.3 is 5.32 Å². The SMILES string of the molecule is O=C(CSc1ccc([N+](=O)[O-])cc1)Nc1ccc(F)c(Cl)c1. The highest BCUT2D eigenvalue weighted by atomic mass is 35.5. The Morgan fingerprint density at radius 3 is 2.55 bits per heavy atom. The van der Waals surface area contributed by atoms with E-state index in [-0.39, 0.29) is 22.4 Å². The fourth-order valence-electron chi connectivity index (χ4n) is 1.58. The second kappa shape index (κ2) is 7.24. The van der Waals surface area contributed by atoms with Gasteiger partial charge in [-0.3, -0.25) is 14.9 Å². The highest BCUT2D eigenvalue weighted by Crippen LogP contribution is 2.22. The lowest BCUT2D eigenvalue weighted by molar-refractivity contribution is -0.384. The van der Waals surface area contributed by atoms with Gasteiger partial charge in [-0.15, -0.1) is 11.8 Å². The first kappa shape index (κ1) is 16.3. The summed E-state index contributed by atoms with van der Waals surface area (Å²) >= 11 is 6.86. The third kappa shape index (κ3) is 4.44. The van der Waals surface area contributed by atoms with E-state index in [4.69, 9.17) is 11.6 Å². The molecule has 0 radical (unpaired) electrons. The fraction of sp³-hybridized carbons (Fsp3) is 0.0714. The van der Waals surface area contributed by atoms with Gasteiger partial charge >= 0.3 is 0 Å². The predicted molar refractivity (Wildman–Crippen MR) is 83.9 cm³/mol. The number of benzene rings is 2. The minimum atomic E-state index is -0.556. The van der Waals surface area contributed by atoms with E-state index < -0.39 is 10.7 Å². The monoisotopic (exact) mass is 340 g/mol. The van der Waals surface area contributed by atoms with Gasteiger partial charge in [-0.25, -0.2) is 4.39 Å². The van der Waals surface area contributed by atoms with E-state index in [9.17, 15) is 19.3 Å². The molecule has 0 heterocycles. The van der Waals surface area contributed by atoms with Crippen molar-refractivity contribution in [3.63, 3.8) is 0 Å². The second-order valence-electron chi connectivity index (χ2n) is 4.22. The number of hydrogen-bond donors (Lipinski definition) is 1. The van der Waals surface area contributed by atoms with Crippen molar-refractivity contribution in [1.82, 2.24) is 0 Å². The van der Waals surface area contributed by atoms with Gasteiger partial charge in [0.05, 0.1) is 15.7 Å². The standard InChI is InChI=1S/C14H10ClFN2O3S/c15-12-7-9(1-6-13(12)16)17-14(19)8-22-11-4-2-10(3-5-11)18(20)21/h1-7H,8H2,(H,17,19). The zero-order valence-electron chi connectivity index (χ0n) is 11.1. The molecule has 0 fully saturated rings. The smallest absolute Gasteiger partial charge is 0.269 e. The Kier molecular flexibility index (Phi) is 5.35. The van der Waals surface area contributed by atoms with Crippen LogP contribution in [0.5, 0.6) is 0 Å². The number of nitrogens with zero attached hydrogens (tertiary/aromatic N) is 1. The maximum absolute atomic E-state index is 13.0. The Morgan fingerprint density at radius 1 is 1.27 bits per heavy atom. The molecular weight excluding hydrogens is 331 g/mol. The second-order valence-corrected chi connectivity index (χ2v) is 5.67. The Labute approximate surface area is 134 Å². The maximum atomic E-state index is 13.0. The van der Waals surface area contributed by atoms with E-state index in [1.54, 1.807) is 12.1 Å². The molecule has 0 aromatic heterocycles. The molecule has 5 nitrogen and oxygen atoms in total. The van der Waals surface area contributed by atoms with Crippen molar-refractivity contribution in [2.75, 3.05) is 11.1 Å². The average molecular weight is 341 g/mol. The van der Waals surface area contributed by atoms with E-state index in [1.807, 2.05) is 0 Å². The Balaban J connectivity index is 1.89. The summed E-state index contributed by atoms with van der Waals surface area (Å²) in [7, 11) is 0. The van der Waals surface area contributed by atoms with Gasteiger partial charge in [0.2, 0.25) is 5.91 Å². The van der Waals surface area contributed by atoms with Gasteiger partial charge in [-0.2, -0.15) is 0 Å². The molecule has 22 heavy (non-hydrogen) atoms. The van der Waals surface area contributed by atoms with Crippen molar-refractivity contribution < 1.29 is 14.1 Å². The lowest BCUT2D eigenvalue weighted by atomic mass is 10.3. The third-order valence-electron chi connectivity index (χ3n) is 2.62. The first-order chi connectivity index (χ1) is 10.5. The number of carbonyl (C=O) groups is 1. The number of non-ortho nitro benzene ring substituents is 1. The minimum absolute atomic E-state index is 0.00486. The van der Waals surface area contributed by atoms with E-state index in [0.29, 0.717) is 5.69 Å². The Bertz CT molecular complexity index is 710. The number of anilines is 1. The highest BCUT2D eigenvalue weighted by molar-refractivity contribution is 8.00. The molecule has 0 saturated heterocycles. The largest absolute Gasteiger partial charge is 0.325 e. The van der Waals surface area contributed by atoms with Gasteiger partial charge in [-0.05, 0) is 30.3 Å². The summed E-state index contributed by atoms with van der Waals surface area (Å²) in [5, 5.41) is 13.1. The number of hydrogen-bond acceptors (Lipinski definition) is 4. The topological polar surface area (TPSA) is 72.2 Å². The van der Waals surface area contributed by atoms with Crippen LogP contribution in [-0.4, -0.2) is 16.6 Å². The van der Waals surface area contributed by atoms with Gasteiger partial charge in [0.1, 0.15) is 5.82 Å². The average Bonchev–Trinajstić information content (AvgIpc) is 2.49. The summed E-state index contributed by atoms with van der Waals surface area (Å²) in [6.07, 6.45) is 0. The van der Waals surface area contributed by atoms with Crippen molar-refractivity contribution in [3.8, 4) is 0 Å². The lowest BCUT2D eigenvalue weighted by Crippen LogP contribution is -2.13. The quantitative estimate of drug-likeness (QED) is 0.505. The van der Waals surface area contributed by atoms with Gasteiger partial charge in [0.25, 0.3) is 5.69 Å². The van der Waals surface area contributed by atoms with Crippen LogP contribution in [0.3, 0.4) is 0 Å². The third-order valence-corrected chi connectivity index (χ3v) is 3.92. The molecule has 2 rings (SSSR count). The van der Waals surface area contributed by atoms with Crippen molar-refractivity contribution in [1.29, 1.82) is 0 Å². The van der Waals surface area contributed by atoms with Crippen LogP contribution in [0.2, 0.25) is 5.02 Å². The number of amides is 1. The predicted octanol–water partition coefficient (Wildman–Crippen LogP) is 4.12.